The van der Waals surface area contributed by atoms with E-state index in [4.69, 9.17) is 0 Å². The van der Waals surface area contributed by atoms with Gasteiger partial charge in [-0.05, 0) is 57.7 Å². The smallest absolute Gasteiger partial charge is 0.0304 e. The Morgan fingerprint density at radius 2 is 1.71 bits per heavy atom. The largest absolute Gasteiger partial charge is 0.308 e. The first-order chi connectivity index (χ1) is 10.2. The highest BCUT2D eigenvalue weighted by atomic mass is 15.3. The Hall–Kier alpha value is -0.120. The molecule has 21 heavy (non-hydrogen) atoms. The molecule has 2 aliphatic rings. The Morgan fingerprint density at radius 3 is 2.24 bits per heavy atom. The van der Waals surface area contributed by atoms with Gasteiger partial charge in [-0.25, -0.2) is 0 Å². The van der Waals surface area contributed by atoms with Crippen molar-refractivity contribution in [2.45, 2.75) is 71.4 Å². The minimum absolute atomic E-state index is 0.371. The Labute approximate surface area is 132 Å². The first-order valence-corrected chi connectivity index (χ1v) is 9.37. The molecule has 2 saturated heterocycles. The minimum atomic E-state index is 0.371. The van der Waals surface area contributed by atoms with Gasteiger partial charge < -0.3 is 10.2 Å². The molecule has 3 nitrogen and oxygen atoms in total. The SMILES string of the molecule is CCC1CNC(CC)(CC)CN1CC1CCN(CC)CC1. The highest BCUT2D eigenvalue weighted by Crippen LogP contribution is 2.27. The predicted molar refractivity (Wildman–Crippen MR) is 91.8 cm³/mol. The second-order valence-electron chi connectivity index (χ2n) is 7.24. The van der Waals surface area contributed by atoms with Crippen LogP contribution in [0, 0.1) is 5.92 Å². The van der Waals surface area contributed by atoms with Crippen molar-refractivity contribution >= 4 is 0 Å². The van der Waals surface area contributed by atoms with E-state index in [1.165, 1.54) is 71.4 Å². The fourth-order valence-corrected chi connectivity index (χ4v) is 4.19. The van der Waals surface area contributed by atoms with Crippen LogP contribution in [0.1, 0.15) is 59.8 Å². The summed E-state index contributed by atoms with van der Waals surface area (Å²) in [6.07, 6.45) is 6.60. The molecular weight excluding hydrogens is 258 g/mol. The number of hydrogen-bond acceptors (Lipinski definition) is 3. The summed E-state index contributed by atoms with van der Waals surface area (Å²) >= 11 is 0. The van der Waals surface area contributed by atoms with Crippen molar-refractivity contribution in [1.29, 1.82) is 0 Å². The molecule has 124 valence electrons. The van der Waals surface area contributed by atoms with E-state index in [9.17, 15) is 0 Å². The van der Waals surface area contributed by atoms with Crippen LogP contribution in [0.15, 0.2) is 0 Å². The molecule has 0 aromatic heterocycles. The van der Waals surface area contributed by atoms with Gasteiger partial charge in [-0.1, -0.05) is 27.7 Å². The van der Waals surface area contributed by atoms with E-state index in [0.717, 1.165) is 12.0 Å². The predicted octanol–water partition coefficient (Wildman–Crippen LogP) is 2.96. The van der Waals surface area contributed by atoms with E-state index >= 15 is 0 Å². The molecule has 0 spiro atoms. The van der Waals surface area contributed by atoms with Gasteiger partial charge in [-0.2, -0.15) is 0 Å². The molecule has 0 amide bonds. The first-order valence-electron chi connectivity index (χ1n) is 9.37. The lowest BCUT2D eigenvalue weighted by molar-refractivity contribution is 0.0452. The summed E-state index contributed by atoms with van der Waals surface area (Å²) in [6.45, 7) is 17.0. The fraction of sp³-hybridized carbons (Fsp3) is 1.00. The van der Waals surface area contributed by atoms with E-state index in [0.29, 0.717) is 5.54 Å². The summed E-state index contributed by atoms with van der Waals surface area (Å²) in [5, 5.41) is 3.87. The average Bonchev–Trinajstić information content (AvgIpc) is 2.55. The summed E-state index contributed by atoms with van der Waals surface area (Å²) in [7, 11) is 0. The first kappa shape index (κ1) is 17.2. The van der Waals surface area contributed by atoms with Gasteiger partial charge in [0, 0.05) is 31.2 Å². The van der Waals surface area contributed by atoms with E-state index in [1.54, 1.807) is 0 Å². The summed E-state index contributed by atoms with van der Waals surface area (Å²) in [5.74, 6) is 0.923. The number of rotatable bonds is 6. The van der Waals surface area contributed by atoms with Crippen molar-refractivity contribution in [2.75, 3.05) is 39.3 Å². The lowest BCUT2D eigenvalue weighted by Crippen LogP contribution is -2.64. The van der Waals surface area contributed by atoms with Crippen LogP contribution in [0.25, 0.3) is 0 Å². The zero-order chi connectivity index (χ0) is 15.3. The number of piperidine rings is 1. The Kier molecular flexibility index (Phi) is 6.51. The maximum Gasteiger partial charge on any atom is 0.0304 e. The minimum Gasteiger partial charge on any atom is -0.308 e. The molecule has 0 aromatic rings. The van der Waals surface area contributed by atoms with Crippen molar-refractivity contribution in [3.05, 3.63) is 0 Å². The molecule has 1 atom stereocenters. The van der Waals surface area contributed by atoms with Crippen molar-refractivity contribution in [2.24, 2.45) is 5.92 Å². The molecular formula is C18H37N3. The Bertz CT molecular complexity index is 293. The van der Waals surface area contributed by atoms with Gasteiger partial charge >= 0.3 is 0 Å². The fourth-order valence-electron chi connectivity index (χ4n) is 4.19. The molecule has 0 saturated carbocycles. The van der Waals surface area contributed by atoms with Gasteiger partial charge in [0.15, 0.2) is 0 Å². The summed E-state index contributed by atoms with van der Waals surface area (Å²) in [5.41, 5.74) is 0.371. The molecule has 0 radical (unpaired) electrons. The standard InChI is InChI=1S/C18H37N3/c1-5-17-13-19-18(6-2,7-3)15-21(17)14-16-9-11-20(8-4)12-10-16/h16-17,19H,5-15H2,1-4H3. The molecule has 2 rings (SSSR count). The lowest BCUT2D eigenvalue weighted by atomic mass is 9.86. The van der Waals surface area contributed by atoms with Gasteiger partial charge in [0.25, 0.3) is 0 Å². The normalized spacial score (nSPS) is 28.9. The lowest BCUT2D eigenvalue weighted by Gasteiger charge is -2.49. The highest BCUT2D eigenvalue weighted by molar-refractivity contribution is 4.97. The third-order valence-electron chi connectivity index (χ3n) is 6.21. The molecule has 2 fully saturated rings. The molecule has 0 aliphatic carbocycles. The maximum absolute atomic E-state index is 3.87. The molecule has 3 heteroatoms. The molecule has 1 unspecified atom stereocenters. The molecule has 0 bridgehead atoms. The van der Waals surface area contributed by atoms with Crippen molar-refractivity contribution in [3.8, 4) is 0 Å². The second-order valence-corrected chi connectivity index (χ2v) is 7.24. The van der Waals surface area contributed by atoms with Crippen LogP contribution >= 0.6 is 0 Å². The van der Waals surface area contributed by atoms with E-state index in [1.807, 2.05) is 0 Å². The van der Waals surface area contributed by atoms with Crippen LogP contribution in [0.4, 0.5) is 0 Å². The zero-order valence-electron chi connectivity index (χ0n) is 14.8. The maximum atomic E-state index is 3.87. The van der Waals surface area contributed by atoms with Crippen LogP contribution < -0.4 is 5.32 Å². The van der Waals surface area contributed by atoms with E-state index < -0.39 is 0 Å². The van der Waals surface area contributed by atoms with Crippen LogP contribution in [-0.2, 0) is 0 Å². The Morgan fingerprint density at radius 1 is 1.05 bits per heavy atom. The molecule has 1 N–H and O–H groups in total. The van der Waals surface area contributed by atoms with Crippen LogP contribution in [-0.4, -0.2) is 60.6 Å². The third kappa shape index (κ3) is 4.20. The number of piperazine rings is 1. The topological polar surface area (TPSA) is 18.5 Å². The van der Waals surface area contributed by atoms with Crippen LogP contribution in [0.2, 0.25) is 0 Å². The zero-order valence-corrected chi connectivity index (χ0v) is 14.8. The summed E-state index contributed by atoms with van der Waals surface area (Å²) < 4.78 is 0. The van der Waals surface area contributed by atoms with Crippen LogP contribution in [0.3, 0.4) is 0 Å². The van der Waals surface area contributed by atoms with Gasteiger partial charge in [0.2, 0.25) is 0 Å². The number of hydrogen-bond donors (Lipinski definition) is 1. The molecule has 2 heterocycles. The van der Waals surface area contributed by atoms with Gasteiger partial charge in [0.1, 0.15) is 0 Å². The number of nitrogens with one attached hydrogen (secondary N) is 1. The third-order valence-corrected chi connectivity index (χ3v) is 6.21. The van der Waals surface area contributed by atoms with Gasteiger partial charge in [-0.15, -0.1) is 0 Å². The van der Waals surface area contributed by atoms with Gasteiger partial charge in [-0.3, -0.25) is 4.90 Å². The van der Waals surface area contributed by atoms with E-state index in [2.05, 4.69) is 42.8 Å². The van der Waals surface area contributed by atoms with Gasteiger partial charge in [0.05, 0.1) is 0 Å². The highest BCUT2D eigenvalue weighted by Gasteiger charge is 2.37. The average molecular weight is 296 g/mol. The Balaban J connectivity index is 1.92. The van der Waals surface area contributed by atoms with E-state index in [-0.39, 0.29) is 0 Å². The van der Waals surface area contributed by atoms with Crippen molar-refractivity contribution < 1.29 is 0 Å². The van der Waals surface area contributed by atoms with Crippen molar-refractivity contribution in [3.63, 3.8) is 0 Å². The molecule has 0 aromatic carbocycles. The monoisotopic (exact) mass is 295 g/mol. The number of nitrogens with zero attached hydrogens (tertiary/aromatic N) is 2. The number of likely N-dealkylation sites (tertiary alicyclic amines) is 1. The van der Waals surface area contributed by atoms with Crippen LogP contribution in [0.5, 0.6) is 0 Å². The molecule has 2 aliphatic heterocycles. The second kappa shape index (κ2) is 7.94. The quantitative estimate of drug-likeness (QED) is 0.813. The van der Waals surface area contributed by atoms with Crippen molar-refractivity contribution in [1.82, 2.24) is 15.1 Å². The summed E-state index contributed by atoms with van der Waals surface area (Å²) in [4.78, 5) is 5.43. The summed E-state index contributed by atoms with van der Waals surface area (Å²) in [6, 6.07) is 0.750.